The van der Waals surface area contributed by atoms with Gasteiger partial charge in [0, 0.05) is 0 Å². The Balaban J connectivity index is 1.88. The van der Waals surface area contributed by atoms with Gasteiger partial charge in [0.05, 0.1) is 6.10 Å². The molecule has 1 fully saturated rings. The molecule has 1 nitrogen and oxygen atoms in total. The van der Waals surface area contributed by atoms with Gasteiger partial charge in [-0.1, -0.05) is 25.1 Å². The Morgan fingerprint density at radius 3 is 2.42 bits per heavy atom. The van der Waals surface area contributed by atoms with Gasteiger partial charge in [0.15, 0.2) is 0 Å². The molecule has 1 aromatic rings. The van der Waals surface area contributed by atoms with E-state index >= 15 is 0 Å². The molecule has 0 saturated heterocycles. The van der Waals surface area contributed by atoms with E-state index in [9.17, 15) is 0 Å². The summed E-state index contributed by atoms with van der Waals surface area (Å²) in [4.78, 5) is 0. The predicted molar refractivity (Wildman–Crippen MR) is 49.3 cm³/mol. The molecule has 1 aromatic carbocycles. The molecule has 1 aliphatic carbocycles. The minimum Gasteiger partial charge on any atom is -0.490 e. The second-order valence-corrected chi connectivity index (χ2v) is 3.63. The molecule has 12 heavy (non-hydrogen) atoms. The molecule has 64 valence electrons. The predicted octanol–water partition coefficient (Wildman–Crippen LogP) is 2.86. The summed E-state index contributed by atoms with van der Waals surface area (Å²) >= 11 is 0. The molecule has 1 saturated carbocycles. The van der Waals surface area contributed by atoms with E-state index in [0.717, 1.165) is 11.7 Å². The monoisotopic (exact) mass is 162 g/mol. The van der Waals surface area contributed by atoms with Crippen molar-refractivity contribution in [3.8, 4) is 5.75 Å². The van der Waals surface area contributed by atoms with E-state index in [2.05, 4.69) is 6.92 Å². The molecule has 0 atom stereocenters. The third kappa shape index (κ3) is 1.60. The molecule has 0 bridgehead atoms. The van der Waals surface area contributed by atoms with Crippen LogP contribution < -0.4 is 4.74 Å². The van der Waals surface area contributed by atoms with Crippen molar-refractivity contribution in [1.82, 2.24) is 0 Å². The van der Waals surface area contributed by atoms with Crippen molar-refractivity contribution < 1.29 is 4.74 Å². The van der Waals surface area contributed by atoms with Gasteiger partial charge in [-0.05, 0) is 30.9 Å². The molecule has 0 spiro atoms. The van der Waals surface area contributed by atoms with E-state index in [1.807, 2.05) is 30.3 Å². The second kappa shape index (κ2) is 3.18. The average molecular weight is 162 g/mol. The van der Waals surface area contributed by atoms with Crippen LogP contribution in [0.15, 0.2) is 30.3 Å². The van der Waals surface area contributed by atoms with Crippen molar-refractivity contribution in [2.75, 3.05) is 0 Å². The molecule has 2 rings (SSSR count). The van der Waals surface area contributed by atoms with Crippen molar-refractivity contribution >= 4 is 0 Å². The van der Waals surface area contributed by atoms with E-state index in [1.54, 1.807) is 0 Å². The zero-order valence-corrected chi connectivity index (χ0v) is 7.36. The quantitative estimate of drug-likeness (QED) is 0.649. The number of hydrogen-bond donors (Lipinski definition) is 0. The minimum atomic E-state index is 0.474. The maximum atomic E-state index is 5.72. The highest BCUT2D eigenvalue weighted by Crippen LogP contribution is 2.30. The molecule has 0 N–H and O–H groups in total. The lowest BCUT2D eigenvalue weighted by Crippen LogP contribution is -2.31. The van der Waals surface area contributed by atoms with Gasteiger partial charge in [-0.15, -0.1) is 0 Å². The van der Waals surface area contributed by atoms with Crippen LogP contribution >= 0.6 is 0 Å². The zero-order chi connectivity index (χ0) is 8.39. The summed E-state index contributed by atoms with van der Waals surface area (Å²) in [6.45, 7) is 2.27. The molecule has 1 aliphatic rings. The lowest BCUT2D eigenvalue weighted by Gasteiger charge is -2.32. The van der Waals surface area contributed by atoms with E-state index in [1.165, 1.54) is 12.8 Å². The number of rotatable bonds is 2. The Bertz CT molecular complexity index is 236. The van der Waals surface area contributed by atoms with E-state index in [-0.39, 0.29) is 0 Å². The van der Waals surface area contributed by atoms with E-state index < -0.39 is 0 Å². The van der Waals surface area contributed by atoms with Gasteiger partial charge < -0.3 is 4.74 Å². The normalized spacial score (nSPS) is 27.8. The van der Waals surface area contributed by atoms with E-state index in [0.29, 0.717) is 6.10 Å². The summed E-state index contributed by atoms with van der Waals surface area (Å²) in [7, 11) is 0. The molecular formula is C11H14O. The highest BCUT2D eigenvalue weighted by Gasteiger charge is 2.26. The number of ether oxygens (including phenoxy) is 1. The smallest absolute Gasteiger partial charge is 0.119 e. The fraction of sp³-hybridized carbons (Fsp3) is 0.455. The summed E-state index contributed by atoms with van der Waals surface area (Å²) in [6, 6.07) is 10.1. The number of benzene rings is 1. The Morgan fingerprint density at radius 2 is 1.83 bits per heavy atom. The maximum absolute atomic E-state index is 5.72. The van der Waals surface area contributed by atoms with Crippen molar-refractivity contribution in [2.45, 2.75) is 25.9 Å². The third-order valence-corrected chi connectivity index (χ3v) is 2.38. The Morgan fingerprint density at radius 1 is 1.17 bits per heavy atom. The molecular weight excluding hydrogens is 148 g/mol. The first-order valence-corrected chi connectivity index (χ1v) is 4.56. The van der Waals surface area contributed by atoms with Crippen LogP contribution in [0, 0.1) is 5.92 Å². The summed E-state index contributed by atoms with van der Waals surface area (Å²) in [5, 5.41) is 0. The van der Waals surface area contributed by atoms with Gasteiger partial charge in [-0.3, -0.25) is 0 Å². The Labute approximate surface area is 73.4 Å². The van der Waals surface area contributed by atoms with Crippen molar-refractivity contribution in [1.29, 1.82) is 0 Å². The first-order chi connectivity index (χ1) is 5.84. The molecule has 0 aliphatic heterocycles. The second-order valence-electron chi connectivity index (χ2n) is 3.63. The van der Waals surface area contributed by atoms with Crippen molar-refractivity contribution in [3.63, 3.8) is 0 Å². The first-order valence-electron chi connectivity index (χ1n) is 4.56. The standard InChI is InChI=1S/C11H14O/c1-9-7-11(8-9)12-10-5-3-2-4-6-10/h2-6,9,11H,7-8H2,1H3/t9-,11+. The zero-order valence-electron chi connectivity index (χ0n) is 7.36. The van der Waals surface area contributed by atoms with Gasteiger partial charge in [-0.2, -0.15) is 0 Å². The molecule has 0 aromatic heterocycles. The van der Waals surface area contributed by atoms with Crippen LogP contribution in [0.2, 0.25) is 0 Å². The lowest BCUT2D eigenvalue weighted by molar-refractivity contribution is 0.0739. The maximum Gasteiger partial charge on any atom is 0.119 e. The molecule has 0 unspecified atom stereocenters. The van der Waals surface area contributed by atoms with Crippen LogP contribution in [0.25, 0.3) is 0 Å². The third-order valence-electron chi connectivity index (χ3n) is 2.38. The SMILES string of the molecule is C[C@H]1C[C@@H](Oc2ccccc2)C1. The minimum absolute atomic E-state index is 0.474. The summed E-state index contributed by atoms with van der Waals surface area (Å²) < 4.78 is 5.72. The summed E-state index contributed by atoms with van der Waals surface area (Å²) in [6.07, 6.45) is 2.91. The van der Waals surface area contributed by atoms with Gasteiger partial charge in [0.1, 0.15) is 5.75 Å². The van der Waals surface area contributed by atoms with Gasteiger partial charge >= 0.3 is 0 Å². The van der Waals surface area contributed by atoms with Crippen LogP contribution in [0.3, 0.4) is 0 Å². The molecule has 0 heterocycles. The Kier molecular flexibility index (Phi) is 2.03. The van der Waals surface area contributed by atoms with E-state index in [4.69, 9.17) is 4.74 Å². The Hall–Kier alpha value is -0.980. The van der Waals surface area contributed by atoms with Crippen LogP contribution in [-0.4, -0.2) is 6.10 Å². The average Bonchev–Trinajstić information content (AvgIpc) is 2.04. The van der Waals surface area contributed by atoms with Crippen LogP contribution in [0.4, 0.5) is 0 Å². The van der Waals surface area contributed by atoms with Crippen LogP contribution in [0.5, 0.6) is 5.75 Å². The fourth-order valence-corrected chi connectivity index (χ4v) is 1.62. The topological polar surface area (TPSA) is 9.23 Å². The largest absolute Gasteiger partial charge is 0.490 e. The fourth-order valence-electron chi connectivity index (χ4n) is 1.62. The van der Waals surface area contributed by atoms with Gasteiger partial charge in [0.2, 0.25) is 0 Å². The molecule has 1 heteroatoms. The van der Waals surface area contributed by atoms with Crippen LogP contribution in [0.1, 0.15) is 19.8 Å². The highest BCUT2D eigenvalue weighted by atomic mass is 16.5. The van der Waals surface area contributed by atoms with Crippen LogP contribution in [-0.2, 0) is 0 Å². The summed E-state index contributed by atoms with van der Waals surface area (Å²) in [5.74, 6) is 1.87. The van der Waals surface area contributed by atoms with Crippen molar-refractivity contribution in [3.05, 3.63) is 30.3 Å². The van der Waals surface area contributed by atoms with Gasteiger partial charge in [-0.25, -0.2) is 0 Å². The van der Waals surface area contributed by atoms with Gasteiger partial charge in [0.25, 0.3) is 0 Å². The summed E-state index contributed by atoms with van der Waals surface area (Å²) in [5.41, 5.74) is 0. The molecule has 0 amide bonds. The number of hydrogen-bond acceptors (Lipinski definition) is 1. The lowest BCUT2D eigenvalue weighted by atomic mass is 9.84. The van der Waals surface area contributed by atoms with Crippen molar-refractivity contribution in [2.24, 2.45) is 5.92 Å². The number of para-hydroxylation sites is 1. The first kappa shape index (κ1) is 7.66. The highest BCUT2D eigenvalue weighted by molar-refractivity contribution is 5.21. The molecule has 0 radical (unpaired) electrons.